The Labute approximate surface area is 144 Å². The van der Waals surface area contributed by atoms with E-state index in [4.69, 9.17) is 4.74 Å². The molecule has 0 spiro atoms. The summed E-state index contributed by atoms with van der Waals surface area (Å²) >= 11 is 0. The van der Waals surface area contributed by atoms with Crippen LogP contribution >= 0.6 is 0 Å². The highest BCUT2D eigenvalue weighted by molar-refractivity contribution is 5.85. The highest BCUT2D eigenvalue weighted by Crippen LogP contribution is 2.19. The van der Waals surface area contributed by atoms with Gasteiger partial charge in [-0.1, -0.05) is 56.3 Å². The van der Waals surface area contributed by atoms with Gasteiger partial charge in [0, 0.05) is 18.0 Å². The molecule has 24 heavy (non-hydrogen) atoms. The zero-order valence-corrected chi connectivity index (χ0v) is 14.5. The number of ether oxygens (including phenoxy) is 1. The number of esters is 1. The van der Waals surface area contributed by atoms with Gasteiger partial charge in [0.15, 0.2) is 0 Å². The number of rotatable bonds is 10. The highest BCUT2D eigenvalue weighted by Gasteiger charge is 2.26. The van der Waals surface area contributed by atoms with Crippen LogP contribution in [0.25, 0.3) is 0 Å². The summed E-state index contributed by atoms with van der Waals surface area (Å²) in [5, 5.41) is 2.90. The van der Waals surface area contributed by atoms with Crippen LogP contribution in [0.3, 0.4) is 0 Å². The van der Waals surface area contributed by atoms with E-state index in [1.54, 1.807) is 24.3 Å². The number of carbonyl (C=O) groups is 2. The maximum Gasteiger partial charge on any atom is 0.307 e. The van der Waals surface area contributed by atoms with E-state index in [2.05, 4.69) is 32.3 Å². The minimum atomic E-state index is -0.960. The smallest absolute Gasteiger partial charge is 0.307 e. The molecule has 0 aliphatic carbocycles. The predicted octanol–water partition coefficient (Wildman–Crippen LogP) is 3.95. The third-order valence-corrected chi connectivity index (χ3v) is 3.48. The highest BCUT2D eigenvalue weighted by atomic mass is 16.5. The molecular formula is C20H27NO3. The maximum atomic E-state index is 12.6. The lowest BCUT2D eigenvalue weighted by atomic mass is 10.0. The summed E-state index contributed by atoms with van der Waals surface area (Å²) in [5.41, 5.74) is 0.648. The van der Waals surface area contributed by atoms with Crippen LogP contribution in [0.15, 0.2) is 55.6 Å². The number of benzene rings is 1. The van der Waals surface area contributed by atoms with Crippen LogP contribution < -0.4 is 5.32 Å². The number of hydrogen-bond acceptors (Lipinski definition) is 3. The average Bonchev–Trinajstić information content (AvgIpc) is 2.57. The molecule has 4 heteroatoms. The van der Waals surface area contributed by atoms with E-state index in [1.165, 1.54) is 0 Å². The number of allylic oxidation sites excluding steroid dienone is 1. The van der Waals surface area contributed by atoms with Gasteiger partial charge < -0.3 is 10.1 Å². The number of nitrogens with one attached hydrogen (secondary N) is 1. The molecule has 0 saturated heterocycles. The second-order valence-corrected chi connectivity index (χ2v) is 6.09. The standard InChI is InChI=1S/C20H27NO3/c1-5-7-13-18(22)24-19(16-11-9-8-10-12-16)20(23)21-17(6-2)14-15(3)4/h5-6,8-12,15,17,19H,1-2,7,13-14H2,3-4H3,(H,21,23)/t17-,19?/m1/s1. The van der Waals surface area contributed by atoms with E-state index in [0.717, 1.165) is 6.42 Å². The maximum absolute atomic E-state index is 12.6. The first-order valence-electron chi connectivity index (χ1n) is 8.26. The molecule has 0 aliphatic heterocycles. The predicted molar refractivity (Wildman–Crippen MR) is 96.3 cm³/mol. The molecule has 0 aromatic heterocycles. The van der Waals surface area contributed by atoms with E-state index in [-0.39, 0.29) is 18.4 Å². The van der Waals surface area contributed by atoms with Crippen LogP contribution in [0.5, 0.6) is 0 Å². The summed E-state index contributed by atoms with van der Waals surface area (Å²) < 4.78 is 5.42. The lowest BCUT2D eigenvalue weighted by Crippen LogP contribution is -2.39. The van der Waals surface area contributed by atoms with Crippen molar-refractivity contribution < 1.29 is 14.3 Å². The van der Waals surface area contributed by atoms with Crippen LogP contribution in [0.4, 0.5) is 0 Å². The fraction of sp³-hybridized carbons (Fsp3) is 0.400. The van der Waals surface area contributed by atoms with Crippen LogP contribution in [0.2, 0.25) is 0 Å². The first kappa shape index (κ1) is 19.7. The Morgan fingerprint density at radius 1 is 1.21 bits per heavy atom. The van der Waals surface area contributed by atoms with Gasteiger partial charge >= 0.3 is 5.97 Å². The second kappa shape index (κ2) is 10.4. The molecule has 0 bridgehead atoms. The van der Waals surface area contributed by atoms with E-state index < -0.39 is 12.1 Å². The quantitative estimate of drug-likeness (QED) is 0.522. The molecule has 130 valence electrons. The molecule has 0 heterocycles. The van der Waals surface area contributed by atoms with Gasteiger partial charge in [-0.2, -0.15) is 0 Å². The van der Waals surface area contributed by atoms with Gasteiger partial charge in [0.25, 0.3) is 5.91 Å². The summed E-state index contributed by atoms with van der Waals surface area (Å²) in [6.45, 7) is 11.5. The molecule has 0 radical (unpaired) electrons. The van der Waals surface area contributed by atoms with Crippen molar-refractivity contribution in [3.63, 3.8) is 0 Å². The summed E-state index contributed by atoms with van der Waals surface area (Å²) in [6.07, 6.45) is 3.90. The lowest BCUT2D eigenvalue weighted by Gasteiger charge is -2.22. The Bertz CT molecular complexity index is 551. The summed E-state index contributed by atoms with van der Waals surface area (Å²) in [5.74, 6) is -0.338. The molecule has 1 aromatic rings. The minimum absolute atomic E-state index is 0.157. The fourth-order valence-electron chi connectivity index (χ4n) is 2.29. The van der Waals surface area contributed by atoms with Crippen molar-refractivity contribution in [1.29, 1.82) is 0 Å². The summed E-state index contributed by atoms with van der Waals surface area (Å²) in [4.78, 5) is 24.6. The summed E-state index contributed by atoms with van der Waals surface area (Å²) in [6, 6.07) is 8.87. The monoisotopic (exact) mass is 329 g/mol. The van der Waals surface area contributed by atoms with Crippen molar-refractivity contribution in [2.24, 2.45) is 5.92 Å². The van der Waals surface area contributed by atoms with Crippen molar-refractivity contribution in [3.05, 3.63) is 61.2 Å². The van der Waals surface area contributed by atoms with Crippen molar-refractivity contribution in [1.82, 2.24) is 5.32 Å². The van der Waals surface area contributed by atoms with Gasteiger partial charge in [0.05, 0.1) is 0 Å². The van der Waals surface area contributed by atoms with E-state index in [1.807, 2.05) is 18.2 Å². The zero-order chi connectivity index (χ0) is 17.9. The molecule has 2 atom stereocenters. The third kappa shape index (κ3) is 6.82. The van der Waals surface area contributed by atoms with Gasteiger partial charge in [-0.05, 0) is 18.8 Å². The average molecular weight is 329 g/mol. The molecule has 1 N–H and O–H groups in total. The van der Waals surface area contributed by atoms with Crippen molar-refractivity contribution in [2.45, 2.75) is 45.3 Å². The Kier molecular flexibility index (Phi) is 8.55. The van der Waals surface area contributed by atoms with Crippen LogP contribution in [-0.2, 0) is 14.3 Å². The molecule has 0 fully saturated rings. The largest absolute Gasteiger partial charge is 0.447 e. The topological polar surface area (TPSA) is 55.4 Å². The minimum Gasteiger partial charge on any atom is -0.447 e. The summed E-state index contributed by atoms with van der Waals surface area (Å²) in [7, 11) is 0. The Morgan fingerprint density at radius 2 is 1.88 bits per heavy atom. The van der Waals surface area contributed by atoms with Gasteiger partial charge in [-0.15, -0.1) is 13.2 Å². The van der Waals surface area contributed by atoms with Crippen molar-refractivity contribution >= 4 is 11.9 Å². The number of amides is 1. The van der Waals surface area contributed by atoms with Crippen LogP contribution in [0.1, 0.15) is 44.8 Å². The Balaban J connectivity index is 2.87. The Hall–Kier alpha value is -2.36. The van der Waals surface area contributed by atoms with E-state index in [9.17, 15) is 9.59 Å². The van der Waals surface area contributed by atoms with E-state index >= 15 is 0 Å². The number of carbonyl (C=O) groups excluding carboxylic acids is 2. The molecule has 1 aromatic carbocycles. The van der Waals surface area contributed by atoms with Gasteiger partial charge in [-0.3, -0.25) is 9.59 Å². The molecule has 0 saturated carbocycles. The Morgan fingerprint density at radius 3 is 2.42 bits per heavy atom. The van der Waals surface area contributed by atoms with Gasteiger partial charge in [0.2, 0.25) is 6.10 Å². The van der Waals surface area contributed by atoms with Crippen molar-refractivity contribution in [2.75, 3.05) is 0 Å². The second-order valence-electron chi connectivity index (χ2n) is 6.09. The van der Waals surface area contributed by atoms with Crippen LogP contribution in [0, 0.1) is 5.92 Å². The number of hydrogen-bond donors (Lipinski definition) is 1. The van der Waals surface area contributed by atoms with Gasteiger partial charge in [-0.25, -0.2) is 0 Å². The SMILES string of the molecule is C=CCCC(=O)OC(C(=O)N[C@H](C=C)CC(C)C)c1ccccc1. The molecule has 4 nitrogen and oxygen atoms in total. The normalized spacial score (nSPS) is 13.0. The molecular weight excluding hydrogens is 302 g/mol. The molecule has 1 unspecified atom stereocenters. The first-order valence-corrected chi connectivity index (χ1v) is 8.26. The molecule has 1 rings (SSSR count). The molecule has 0 aliphatic rings. The zero-order valence-electron chi connectivity index (χ0n) is 14.5. The fourth-order valence-corrected chi connectivity index (χ4v) is 2.29. The first-order chi connectivity index (χ1) is 11.5. The third-order valence-electron chi connectivity index (χ3n) is 3.48. The van der Waals surface area contributed by atoms with E-state index in [0.29, 0.717) is 17.9 Å². The lowest BCUT2D eigenvalue weighted by molar-refractivity contribution is -0.156. The molecule has 1 amide bonds. The van der Waals surface area contributed by atoms with Gasteiger partial charge in [0.1, 0.15) is 0 Å². The van der Waals surface area contributed by atoms with Crippen molar-refractivity contribution in [3.8, 4) is 0 Å². The van der Waals surface area contributed by atoms with Crippen LogP contribution in [-0.4, -0.2) is 17.9 Å².